The van der Waals surface area contributed by atoms with Gasteiger partial charge in [-0.3, -0.25) is 14.5 Å². The second kappa shape index (κ2) is 6.81. The van der Waals surface area contributed by atoms with Crippen molar-refractivity contribution in [3.05, 3.63) is 35.9 Å². The maximum absolute atomic E-state index is 11.1. The Morgan fingerprint density at radius 2 is 1.88 bits per heavy atom. The Bertz CT molecular complexity index is 376. The molecule has 0 amide bonds. The topological polar surface area (TPSA) is 57.6 Å². The highest BCUT2D eigenvalue weighted by Crippen LogP contribution is 2.05. The fourth-order valence-corrected chi connectivity index (χ4v) is 1.62. The smallest absolute Gasteiger partial charge is 0.304 e. The molecule has 0 aliphatic rings. The predicted molar refractivity (Wildman–Crippen MR) is 64.7 cm³/mol. The van der Waals surface area contributed by atoms with Gasteiger partial charge in [0.05, 0.1) is 13.0 Å². The molecule has 92 valence electrons. The van der Waals surface area contributed by atoms with Gasteiger partial charge in [0.1, 0.15) is 5.78 Å². The highest BCUT2D eigenvalue weighted by Gasteiger charge is 2.10. The van der Waals surface area contributed by atoms with Gasteiger partial charge < -0.3 is 5.11 Å². The zero-order valence-corrected chi connectivity index (χ0v) is 9.93. The van der Waals surface area contributed by atoms with E-state index in [-0.39, 0.29) is 12.2 Å². The molecule has 0 aromatic heterocycles. The first kappa shape index (κ1) is 13.4. The molecule has 0 heterocycles. The van der Waals surface area contributed by atoms with Crippen LogP contribution in [-0.4, -0.2) is 34.8 Å². The van der Waals surface area contributed by atoms with Crippen LogP contribution in [0.2, 0.25) is 0 Å². The third-order valence-electron chi connectivity index (χ3n) is 2.34. The molecular weight excluding hydrogens is 218 g/mol. The Morgan fingerprint density at radius 1 is 1.24 bits per heavy atom. The SMILES string of the molecule is CC(=O)CN(CCC(=O)O)Cc1ccccc1. The number of carboxylic acid groups (broad SMARTS) is 1. The van der Waals surface area contributed by atoms with Crippen molar-refractivity contribution in [2.75, 3.05) is 13.1 Å². The molecule has 0 radical (unpaired) electrons. The van der Waals surface area contributed by atoms with Gasteiger partial charge in [-0.1, -0.05) is 30.3 Å². The lowest BCUT2D eigenvalue weighted by atomic mass is 10.2. The number of nitrogens with zero attached hydrogens (tertiary/aromatic N) is 1. The second-order valence-corrected chi connectivity index (χ2v) is 4.04. The van der Waals surface area contributed by atoms with Crippen molar-refractivity contribution in [1.29, 1.82) is 0 Å². The zero-order chi connectivity index (χ0) is 12.7. The molecule has 0 bridgehead atoms. The monoisotopic (exact) mass is 235 g/mol. The van der Waals surface area contributed by atoms with Gasteiger partial charge in [0, 0.05) is 13.1 Å². The van der Waals surface area contributed by atoms with E-state index in [0.717, 1.165) is 5.56 Å². The molecule has 4 heteroatoms. The molecule has 0 spiro atoms. The van der Waals surface area contributed by atoms with Crippen molar-refractivity contribution >= 4 is 11.8 Å². The number of ketones is 1. The van der Waals surface area contributed by atoms with Gasteiger partial charge in [-0.05, 0) is 12.5 Å². The summed E-state index contributed by atoms with van der Waals surface area (Å²) in [5, 5.41) is 8.65. The summed E-state index contributed by atoms with van der Waals surface area (Å²) in [6.07, 6.45) is 0.0557. The van der Waals surface area contributed by atoms with Crippen molar-refractivity contribution in [2.45, 2.75) is 19.9 Å². The van der Waals surface area contributed by atoms with E-state index in [1.807, 2.05) is 35.2 Å². The van der Waals surface area contributed by atoms with Crippen LogP contribution in [-0.2, 0) is 16.1 Å². The van der Waals surface area contributed by atoms with E-state index in [1.54, 1.807) is 0 Å². The lowest BCUT2D eigenvalue weighted by Crippen LogP contribution is -2.30. The second-order valence-electron chi connectivity index (χ2n) is 4.04. The van der Waals surface area contributed by atoms with Crippen molar-refractivity contribution in [3.8, 4) is 0 Å². The molecule has 0 aliphatic carbocycles. The number of Topliss-reactive ketones (excluding diaryl/α,β-unsaturated/α-hetero) is 1. The fraction of sp³-hybridized carbons (Fsp3) is 0.385. The number of carboxylic acids is 1. The summed E-state index contributed by atoms with van der Waals surface area (Å²) < 4.78 is 0. The predicted octanol–water partition coefficient (Wildman–Crippen LogP) is 1.55. The summed E-state index contributed by atoms with van der Waals surface area (Å²) in [5.41, 5.74) is 1.08. The summed E-state index contributed by atoms with van der Waals surface area (Å²) >= 11 is 0. The molecule has 0 saturated heterocycles. The van der Waals surface area contributed by atoms with Gasteiger partial charge in [0.15, 0.2) is 0 Å². The molecule has 0 atom stereocenters. The van der Waals surface area contributed by atoms with E-state index in [0.29, 0.717) is 19.6 Å². The van der Waals surface area contributed by atoms with Gasteiger partial charge in [0.2, 0.25) is 0 Å². The molecule has 0 unspecified atom stereocenters. The number of benzene rings is 1. The summed E-state index contributed by atoms with van der Waals surface area (Å²) in [6.45, 7) is 2.80. The summed E-state index contributed by atoms with van der Waals surface area (Å²) in [4.78, 5) is 23.5. The first-order valence-electron chi connectivity index (χ1n) is 5.55. The van der Waals surface area contributed by atoms with Crippen LogP contribution < -0.4 is 0 Å². The van der Waals surface area contributed by atoms with Gasteiger partial charge >= 0.3 is 5.97 Å². The van der Waals surface area contributed by atoms with Crippen molar-refractivity contribution < 1.29 is 14.7 Å². The Balaban J connectivity index is 2.56. The van der Waals surface area contributed by atoms with Gasteiger partial charge in [-0.15, -0.1) is 0 Å². The van der Waals surface area contributed by atoms with E-state index in [4.69, 9.17) is 5.11 Å². The van der Waals surface area contributed by atoms with Gasteiger partial charge in [0.25, 0.3) is 0 Å². The van der Waals surface area contributed by atoms with Crippen LogP contribution in [0.5, 0.6) is 0 Å². The molecule has 1 N–H and O–H groups in total. The first-order valence-corrected chi connectivity index (χ1v) is 5.55. The maximum atomic E-state index is 11.1. The van der Waals surface area contributed by atoms with Crippen molar-refractivity contribution in [1.82, 2.24) is 4.90 Å². The minimum absolute atomic E-state index is 0.0475. The van der Waals surface area contributed by atoms with E-state index in [1.165, 1.54) is 6.92 Å². The Morgan fingerprint density at radius 3 is 2.41 bits per heavy atom. The standard InChI is InChI=1S/C13H17NO3/c1-11(15)9-14(8-7-13(16)17)10-12-5-3-2-4-6-12/h2-6H,7-10H2,1H3,(H,16,17). The molecule has 0 fully saturated rings. The van der Waals surface area contributed by atoms with Crippen LogP contribution in [0, 0.1) is 0 Å². The fourth-order valence-electron chi connectivity index (χ4n) is 1.62. The van der Waals surface area contributed by atoms with Crippen LogP contribution in [0.25, 0.3) is 0 Å². The number of hydrogen-bond acceptors (Lipinski definition) is 3. The van der Waals surface area contributed by atoms with Crippen molar-refractivity contribution in [2.24, 2.45) is 0 Å². The van der Waals surface area contributed by atoms with Gasteiger partial charge in [-0.2, -0.15) is 0 Å². The largest absolute Gasteiger partial charge is 0.481 e. The zero-order valence-electron chi connectivity index (χ0n) is 9.93. The summed E-state index contributed by atoms with van der Waals surface area (Å²) in [5.74, 6) is -0.794. The minimum atomic E-state index is -0.841. The number of aliphatic carboxylic acids is 1. The third kappa shape index (κ3) is 5.82. The Kier molecular flexibility index (Phi) is 5.36. The molecule has 1 aromatic rings. The van der Waals surface area contributed by atoms with Crippen molar-refractivity contribution in [3.63, 3.8) is 0 Å². The minimum Gasteiger partial charge on any atom is -0.481 e. The first-order chi connectivity index (χ1) is 8.08. The molecule has 17 heavy (non-hydrogen) atoms. The lowest BCUT2D eigenvalue weighted by Gasteiger charge is -2.20. The maximum Gasteiger partial charge on any atom is 0.304 e. The highest BCUT2D eigenvalue weighted by atomic mass is 16.4. The molecule has 0 saturated carbocycles. The Labute approximate surface area is 101 Å². The van der Waals surface area contributed by atoms with Crippen LogP contribution in [0.15, 0.2) is 30.3 Å². The molecule has 4 nitrogen and oxygen atoms in total. The van der Waals surface area contributed by atoms with Crippen LogP contribution >= 0.6 is 0 Å². The van der Waals surface area contributed by atoms with E-state index >= 15 is 0 Å². The van der Waals surface area contributed by atoms with E-state index in [9.17, 15) is 9.59 Å². The van der Waals surface area contributed by atoms with E-state index < -0.39 is 5.97 Å². The van der Waals surface area contributed by atoms with E-state index in [2.05, 4.69) is 0 Å². The molecule has 1 aromatic carbocycles. The summed E-state index contributed by atoms with van der Waals surface area (Å²) in [6, 6.07) is 9.72. The third-order valence-corrected chi connectivity index (χ3v) is 2.34. The highest BCUT2D eigenvalue weighted by molar-refractivity contribution is 5.77. The lowest BCUT2D eigenvalue weighted by molar-refractivity contribution is -0.137. The van der Waals surface area contributed by atoms with Crippen LogP contribution in [0.1, 0.15) is 18.9 Å². The number of carbonyl (C=O) groups is 2. The normalized spacial score (nSPS) is 10.5. The number of carbonyl (C=O) groups excluding carboxylic acids is 1. The molecule has 1 rings (SSSR count). The quantitative estimate of drug-likeness (QED) is 0.779. The van der Waals surface area contributed by atoms with Crippen LogP contribution in [0.4, 0.5) is 0 Å². The van der Waals surface area contributed by atoms with Gasteiger partial charge in [-0.25, -0.2) is 0 Å². The molecule has 0 aliphatic heterocycles. The molecular formula is C13H17NO3. The number of rotatable bonds is 7. The Hall–Kier alpha value is -1.68. The average molecular weight is 235 g/mol. The number of hydrogen-bond donors (Lipinski definition) is 1. The average Bonchev–Trinajstić information content (AvgIpc) is 2.26. The van der Waals surface area contributed by atoms with Crippen LogP contribution in [0.3, 0.4) is 0 Å². The summed E-state index contributed by atoms with van der Waals surface area (Å²) in [7, 11) is 0.